The Morgan fingerprint density at radius 1 is 1.32 bits per heavy atom. The third kappa shape index (κ3) is 6.03. The minimum Gasteiger partial charge on any atom is -0.475 e. The number of hydrogen-bond acceptors (Lipinski definition) is 6. The van der Waals surface area contributed by atoms with Crippen molar-refractivity contribution in [2.24, 2.45) is 5.92 Å². The maximum absolute atomic E-state index is 12.7. The van der Waals surface area contributed by atoms with Gasteiger partial charge in [0.15, 0.2) is 0 Å². The number of imidazole rings is 1. The Morgan fingerprint density at radius 2 is 2.03 bits per heavy atom. The molecule has 4 rings (SSSR count). The second-order valence-corrected chi connectivity index (χ2v) is 8.11. The summed E-state index contributed by atoms with van der Waals surface area (Å²) in [6.45, 7) is 5.59. The molecular weight excluding hydrogens is 437 g/mol. The molecule has 12 heteroatoms. The second-order valence-electron chi connectivity index (χ2n) is 7.39. The van der Waals surface area contributed by atoms with Crippen LogP contribution in [0.3, 0.4) is 0 Å². The predicted molar refractivity (Wildman–Crippen MR) is 105 cm³/mol. The first-order valence-corrected chi connectivity index (χ1v) is 10.7. The van der Waals surface area contributed by atoms with Gasteiger partial charge >= 0.3 is 12.1 Å². The van der Waals surface area contributed by atoms with Crippen molar-refractivity contribution >= 4 is 23.2 Å². The summed E-state index contributed by atoms with van der Waals surface area (Å²) in [6, 6.07) is 0. The van der Waals surface area contributed by atoms with E-state index in [2.05, 4.69) is 14.5 Å². The number of alkyl halides is 3. The molecule has 8 nitrogen and oxygen atoms in total. The van der Waals surface area contributed by atoms with E-state index in [-0.39, 0.29) is 11.8 Å². The van der Waals surface area contributed by atoms with Crippen LogP contribution in [-0.2, 0) is 22.6 Å². The number of hydrogen-bond donors (Lipinski definition) is 1. The lowest BCUT2D eigenvalue weighted by Gasteiger charge is -2.33. The van der Waals surface area contributed by atoms with Gasteiger partial charge in [-0.1, -0.05) is 0 Å². The van der Waals surface area contributed by atoms with Gasteiger partial charge in [-0.3, -0.25) is 4.79 Å². The Labute approximate surface area is 180 Å². The number of amides is 1. The number of nitrogens with zero attached hydrogens (tertiary/aromatic N) is 4. The molecule has 0 radical (unpaired) electrons. The molecular formula is C19H23F3N4O4S. The number of carboxylic acids is 1. The first-order chi connectivity index (χ1) is 14.7. The summed E-state index contributed by atoms with van der Waals surface area (Å²) in [7, 11) is 0. The van der Waals surface area contributed by atoms with Crippen molar-refractivity contribution in [1.29, 1.82) is 0 Å². The number of rotatable bonds is 6. The highest BCUT2D eigenvalue weighted by Crippen LogP contribution is 2.34. The van der Waals surface area contributed by atoms with Crippen LogP contribution in [0, 0.1) is 5.92 Å². The summed E-state index contributed by atoms with van der Waals surface area (Å²) in [5, 5.41) is 8.93. The molecule has 0 bridgehead atoms. The fraction of sp³-hybridized carbons (Fsp3) is 0.579. The van der Waals surface area contributed by atoms with Crippen LogP contribution >= 0.6 is 11.3 Å². The first-order valence-electron chi connectivity index (χ1n) is 9.79. The molecule has 170 valence electrons. The molecule has 1 unspecified atom stereocenters. The Hall–Kier alpha value is -2.47. The number of carbonyl (C=O) groups excluding carboxylic acids is 1. The van der Waals surface area contributed by atoms with Crippen LogP contribution in [0.15, 0.2) is 17.2 Å². The van der Waals surface area contributed by atoms with Crippen LogP contribution < -0.4 is 0 Å². The maximum Gasteiger partial charge on any atom is 0.490 e. The molecule has 1 amide bonds. The van der Waals surface area contributed by atoms with Gasteiger partial charge in [0, 0.05) is 36.7 Å². The van der Waals surface area contributed by atoms with Gasteiger partial charge in [0.25, 0.3) is 5.91 Å². The fourth-order valence-electron chi connectivity index (χ4n) is 3.37. The average Bonchev–Trinajstić information content (AvgIpc) is 3.20. The summed E-state index contributed by atoms with van der Waals surface area (Å²) in [5.74, 6) is -1.80. The van der Waals surface area contributed by atoms with Crippen LogP contribution in [0.25, 0.3) is 0 Å². The molecule has 1 fully saturated rings. The largest absolute Gasteiger partial charge is 0.490 e. The van der Waals surface area contributed by atoms with Crippen molar-refractivity contribution in [3.8, 4) is 0 Å². The zero-order chi connectivity index (χ0) is 22.6. The maximum atomic E-state index is 12.7. The summed E-state index contributed by atoms with van der Waals surface area (Å²) in [6.07, 6.45) is -0.506. The van der Waals surface area contributed by atoms with Gasteiger partial charge in [-0.25, -0.2) is 14.8 Å². The highest BCUT2D eigenvalue weighted by molar-refractivity contribution is 7.07. The minimum atomic E-state index is -5.08. The van der Waals surface area contributed by atoms with Gasteiger partial charge in [-0.2, -0.15) is 13.2 Å². The number of ether oxygens (including phenoxy) is 1. The second kappa shape index (κ2) is 9.77. The normalized spacial score (nSPS) is 18.2. The van der Waals surface area contributed by atoms with Gasteiger partial charge in [0.2, 0.25) is 0 Å². The van der Waals surface area contributed by atoms with Gasteiger partial charge in [0.05, 0.1) is 30.7 Å². The number of carbonyl (C=O) groups is 2. The summed E-state index contributed by atoms with van der Waals surface area (Å²) in [5.41, 5.74) is 4.49. The van der Waals surface area contributed by atoms with E-state index in [1.165, 1.54) is 29.9 Å². The third-order valence-corrected chi connectivity index (χ3v) is 5.57. The molecule has 2 aliphatic rings. The average molecular weight is 460 g/mol. The first kappa shape index (κ1) is 23.2. The Morgan fingerprint density at radius 3 is 2.58 bits per heavy atom. The third-order valence-electron chi connectivity index (χ3n) is 4.98. The van der Waals surface area contributed by atoms with Crippen LogP contribution in [0.2, 0.25) is 0 Å². The number of carboxylic acid groups (broad SMARTS) is 1. The van der Waals surface area contributed by atoms with Gasteiger partial charge in [0.1, 0.15) is 5.69 Å². The highest BCUT2D eigenvalue weighted by atomic mass is 32.1. The highest BCUT2D eigenvalue weighted by Gasteiger charge is 2.38. The van der Waals surface area contributed by atoms with Gasteiger partial charge in [-0.05, 0) is 25.7 Å². The Kier molecular flexibility index (Phi) is 7.31. The lowest BCUT2D eigenvalue weighted by molar-refractivity contribution is -0.192. The van der Waals surface area contributed by atoms with Crippen molar-refractivity contribution in [3.63, 3.8) is 0 Å². The van der Waals surface area contributed by atoms with E-state index >= 15 is 0 Å². The number of thiazole rings is 1. The minimum absolute atomic E-state index is 0.0138. The number of aliphatic carboxylic acids is 1. The van der Waals surface area contributed by atoms with Crippen molar-refractivity contribution in [2.45, 2.75) is 44.9 Å². The van der Waals surface area contributed by atoms with Gasteiger partial charge < -0.3 is 19.3 Å². The molecule has 0 saturated heterocycles. The van der Waals surface area contributed by atoms with E-state index in [0.717, 1.165) is 18.2 Å². The van der Waals surface area contributed by atoms with E-state index in [0.29, 0.717) is 32.0 Å². The SMILES string of the molecule is CCOCC1CN(C(=O)c2cscn2)Cc2ncn(CC3CC3)c21.O=C(O)C(F)(F)F. The molecule has 3 heterocycles. The van der Waals surface area contributed by atoms with Crippen LogP contribution in [-0.4, -0.2) is 62.4 Å². The predicted octanol–water partition coefficient (Wildman–Crippen LogP) is 3.16. The standard InChI is InChI=1S/C17H22N4O2S.C2HF3O2/c1-2-23-8-13-6-20(17(22)15-9-24-11-19-15)7-14-16(13)21(10-18-14)5-12-3-4-12;3-2(4,5)1(6)7/h9-13H,2-8H2,1H3;(H,6,7). The summed E-state index contributed by atoms with van der Waals surface area (Å²) in [4.78, 5) is 32.2. The van der Waals surface area contributed by atoms with Crippen LogP contribution in [0.1, 0.15) is 47.6 Å². The molecule has 1 atom stereocenters. The lowest BCUT2D eigenvalue weighted by Crippen LogP contribution is -2.40. The molecule has 2 aromatic rings. The topological polar surface area (TPSA) is 97.5 Å². The van der Waals surface area contributed by atoms with E-state index < -0.39 is 12.1 Å². The van der Waals surface area contributed by atoms with Crippen LogP contribution in [0.5, 0.6) is 0 Å². The Bertz CT molecular complexity index is 897. The van der Waals surface area contributed by atoms with Crippen molar-refractivity contribution in [3.05, 3.63) is 34.3 Å². The lowest BCUT2D eigenvalue weighted by atomic mass is 9.98. The summed E-state index contributed by atoms with van der Waals surface area (Å²) >= 11 is 1.45. The number of halogens is 3. The molecule has 1 N–H and O–H groups in total. The van der Waals surface area contributed by atoms with E-state index in [9.17, 15) is 18.0 Å². The number of fused-ring (bicyclic) bond motifs is 1. The smallest absolute Gasteiger partial charge is 0.475 e. The van der Waals surface area contributed by atoms with Crippen molar-refractivity contribution in [2.75, 3.05) is 19.8 Å². The molecule has 1 aliphatic carbocycles. The van der Waals surface area contributed by atoms with Gasteiger partial charge in [-0.15, -0.1) is 11.3 Å². The van der Waals surface area contributed by atoms with E-state index in [1.54, 1.807) is 10.9 Å². The molecule has 0 spiro atoms. The van der Waals surface area contributed by atoms with Crippen LogP contribution in [0.4, 0.5) is 13.2 Å². The zero-order valence-electron chi connectivity index (χ0n) is 16.8. The van der Waals surface area contributed by atoms with Crippen molar-refractivity contribution < 1.29 is 32.6 Å². The fourth-order valence-corrected chi connectivity index (χ4v) is 3.90. The van der Waals surface area contributed by atoms with E-state index in [4.69, 9.17) is 14.6 Å². The molecule has 1 aliphatic heterocycles. The molecule has 0 aromatic carbocycles. The zero-order valence-corrected chi connectivity index (χ0v) is 17.7. The monoisotopic (exact) mass is 460 g/mol. The Balaban J connectivity index is 0.000000339. The quantitative estimate of drug-likeness (QED) is 0.711. The molecule has 1 saturated carbocycles. The summed E-state index contributed by atoms with van der Waals surface area (Å²) < 4.78 is 39.7. The molecule has 31 heavy (non-hydrogen) atoms. The number of aromatic nitrogens is 3. The molecule has 2 aromatic heterocycles. The van der Waals surface area contributed by atoms with E-state index in [1.807, 2.05) is 18.2 Å². The van der Waals surface area contributed by atoms with Crippen molar-refractivity contribution in [1.82, 2.24) is 19.4 Å².